The van der Waals surface area contributed by atoms with Crippen molar-refractivity contribution < 1.29 is 14.3 Å². The zero-order chi connectivity index (χ0) is 27.6. The topological polar surface area (TPSA) is 104 Å². The van der Waals surface area contributed by atoms with Gasteiger partial charge < -0.3 is 18.9 Å². The molecule has 2 aliphatic heterocycles. The molecule has 200 valence electrons. The summed E-state index contributed by atoms with van der Waals surface area (Å²) in [5.74, 6) is 1.09. The van der Waals surface area contributed by atoms with Gasteiger partial charge in [-0.3, -0.25) is 9.79 Å². The zero-order valence-electron chi connectivity index (χ0n) is 22.4. The van der Waals surface area contributed by atoms with Crippen LogP contribution in [0.5, 0.6) is 11.5 Å². The van der Waals surface area contributed by atoms with Crippen LogP contribution in [0.4, 0.5) is 5.69 Å². The van der Waals surface area contributed by atoms with Crippen LogP contribution in [0.15, 0.2) is 53.5 Å². The lowest BCUT2D eigenvalue weighted by Gasteiger charge is -2.20. The number of carbonyl (C=O) groups excluding carboxylic acids is 1. The number of amides is 1. The molecule has 1 atom stereocenters. The Morgan fingerprint density at radius 3 is 2.70 bits per heavy atom. The number of hydrogen-bond acceptors (Lipinski definition) is 6. The van der Waals surface area contributed by atoms with Crippen LogP contribution < -0.4 is 14.8 Å². The Morgan fingerprint density at radius 2 is 1.90 bits per heavy atom. The van der Waals surface area contributed by atoms with Crippen molar-refractivity contribution in [2.24, 2.45) is 4.99 Å². The summed E-state index contributed by atoms with van der Waals surface area (Å²) in [6, 6.07) is 19.9. The van der Waals surface area contributed by atoms with Gasteiger partial charge in [-0.15, -0.1) is 0 Å². The number of hydrogen-bond donors (Lipinski definition) is 0. The lowest BCUT2D eigenvalue weighted by atomic mass is 10.1. The summed E-state index contributed by atoms with van der Waals surface area (Å²) in [7, 11) is 1.58. The van der Waals surface area contributed by atoms with E-state index in [4.69, 9.17) is 9.47 Å². The number of unbranched alkanes of at least 4 members (excludes halogenated alkanes) is 2. The maximum Gasteiger partial charge on any atom is 0.256 e. The summed E-state index contributed by atoms with van der Waals surface area (Å²) in [4.78, 5) is 19.6. The molecule has 0 radical (unpaired) electrons. The highest BCUT2D eigenvalue weighted by Gasteiger charge is 2.32. The van der Waals surface area contributed by atoms with Crippen LogP contribution in [0.2, 0.25) is 0 Å². The molecule has 8 heteroatoms. The summed E-state index contributed by atoms with van der Waals surface area (Å²) in [5.41, 5.74) is 2.32. The number of nitrogens with zero attached hydrogens (tertiary/aromatic N) is 5. The van der Waals surface area contributed by atoms with Crippen LogP contribution in [0.25, 0.3) is 27.2 Å². The van der Waals surface area contributed by atoms with Gasteiger partial charge in [0.05, 0.1) is 36.4 Å². The molecule has 0 unspecified atom stereocenters. The SMILES string of the molecule is COc1cc2c(cc1OCCCCCn1c(=C(C#N)C#N)c3cccc4cccc1c43)N=C[C@@H]1CCCN1C2=O. The van der Waals surface area contributed by atoms with Gasteiger partial charge in [-0.05, 0) is 49.6 Å². The molecule has 1 aromatic heterocycles. The van der Waals surface area contributed by atoms with Crippen LogP contribution in [0.3, 0.4) is 0 Å². The first-order valence-electron chi connectivity index (χ1n) is 13.7. The Balaban J connectivity index is 1.15. The Bertz CT molecular complexity index is 1770. The molecular formula is C32H29N5O3. The first-order chi connectivity index (χ1) is 19.6. The highest BCUT2D eigenvalue weighted by atomic mass is 16.5. The van der Waals surface area contributed by atoms with Crippen molar-refractivity contribution in [1.29, 1.82) is 10.5 Å². The van der Waals surface area contributed by atoms with Gasteiger partial charge in [-0.1, -0.05) is 30.3 Å². The Kier molecular flexibility index (Phi) is 6.84. The second-order valence-electron chi connectivity index (χ2n) is 10.2. The minimum atomic E-state index is -0.0102. The second kappa shape index (κ2) is 10.7. The maximum absolute atomic E-state index is 13.1. The predicted molar refractivity (Wildman–Crippen MR) is 154 cm³/mol. The first kappa shape index (κ1) is 25.5. The number of fused-ring (bicyclic) bond motifs is 2. The maximum atomic E-state index is 13.1. The van der Waals surface area contributed by atoms with Gasteiger partial charge in [0.15, 0.2) is 17.1 Å². The van der Waals surface area contributed by atoms with Crippen LogP contribution >= 0.6 is 0 Å². The standard InChI is InChI=1S/C32H29N5O3/c1-39-28-16-25-26(35-20-23-10-7-14-36(23)32(25)38)17-29(28)40-15-4-2-3-13-37-27-12-6-9-21-8-5-11-24(30(21)27)31(37)22(18-33)19-34/h5-6,8-9,11-12,16-17,20,23H,2-4,7,10,13-15H2,1H3/t23-/m0/s1. The smallest absolute Gasteiger partial charge is 0.256 e. The van der Waals surface area contributed by atoms with Gasteiger partial charge in [0, 0.05) is 41.7 Å². The van der Waals surface area contributed by atoms with Gasteiger partial charge in [0.25, 0.3) is 5.91 Å². The van der Waals surface area contributed by atoms with Crippen LogP contribution in [-0.4, -0.2) is 47.9 Å². The molecule has 1 fully saturated rings. The Hall–Kier alpha value is -4.82. The van der Waals surface area contributed by atoms with Crippen molar-refractivity contribution in [3.8, 4) is 23.6 Å². The zero-order valence-corrected chi connectivity index (χ0v) is 22.4. The molecule has 1 amide bonds. The monoisotopic (exact) mass is 531 g/mol. The van der Waals surface area contributed by atoms with Gasteiger partial charge >= 0.3 is 0 Å². The van der Waals surface area contributed by atoms with E-state index < -0.39 is 0 Å². The Morgan fingerprint density at radius 1 is 1.07 bits per heavy atom. The number of ether oxygens (including phenoxy) is 2. The first-order valence-corrected chi connectivity index (χ1v) is 13.7. The number of rotatable bonds is 8. The van der Waals surface area contributed by atoms with Crippen molar-refractivity contribution in [3.63, 3.8) is 0 Å². The molecule has 3 aromatic carbocycles. The van der Waals surface area contributed by atoms with Gasteiger partial charge in [-0.2, -0.15) is 10.5 Å². The van der Waals surface area contributed by atoms with Crippen molar-refractivity contribution in [2.45, 2.75) is 44.7 Å². The molecule has 0 saturated carbocycles. The van der Waals surface area contributed by atoms with E-state index in [0.29, 0.717) is 41.3 Å². The van der Waals surface area contributed by atoms with E-state index >= 15 is 0 Å². The molecule has 40 heavy (non-hydrogen) atoms. The number of methoxy groups -OCH3 is 1. The number of aliphatic imine (C=N–C) groups is 1. The van der Waals surface area contributed by atoms with E-state index in [1.807, 2.05) is 29.3 Å². The largest absolute Gasteiger partial charge is 0.493 e. The van der Waals surface area contributed by atoms with Crippen LogP contribution in [0.1, 0.15) is 42.5 Å². The molecule has 0 spiro atoms. The third kappa shape index (κ3) is 4.32. The second-order valence-corrected chi connectivity index (χ2v) is 10.2. The highest BCUT2D eigenvalue weighted by Crippen LogP contribution is 2.38. The highest BCUT2D eigenvalue weighted by molar-refractivity contribution is 6.11. The molecular weight excluding hydrogens is 502 g/mol. The fourth-order valence-corrected chi connectivity index (χ4v) is 5.99. The minimum absolute atomic E-state index is 0.0102. The normalized spacial score (nSPS) is 15.9. The lowest BCUT2D eigenvalue weighted by molar-refractivity contribution is 0.0774. The van der Waals surface area contributed by atoms with E-state index in [9.17, 15) is 15.3 Å². The number of carbonyl (C=O) groups is 1. The molecule has 3 heterocycles. The molecule has 6 rings (SSSR count). The van der Waals surface area contributed by atoms with E-state index in [1.54, 1.807) is 19.2 Å². The van der Waals surface area contributed by atoms with E-state index in [-0.39, 0.29) is 17.5 Å². The van der Waals surface area contributed by atoms with E-state index in [0.717, 1.165) is 60.3 Å². The van der Waals surface area contributed by atoms with Crippen LogP contribution in [0, 0.1) is 22.7 Å². The van der Waals surface area contributed by atoms with Crippen molar-refractivity contribution in [1.82, 2.24) is 9.47 Å². The van der Waals surface area contributed by atoms with E-state index in [1.165, 1.54) is 0 Å². The average Bonchev–Trinajstić information content (AvgIpc) is 3.55. The summed E-state index contributed by atoms with van der Waals surface area (Å²) in [6.07, 6.45) is 6.37. The molecule has 4 aromatic rings. The number of benzene rings is 3. The van der Waals surface area contributed by atoms with Crippen molar-refractivity contribution in [3.05, 3.63) is 59.4 Å². The third-order valence-corrected chi connectivity index (χ3v) is 7.90. The van der Waals surface area contributed by atoms with Crippen molar-refractivity contribution >= 4 is 45.1 Å². The summed E-state index contributed by atoms with van der Waals surface area (Å²) < 4.78 is 13.8. The quantitative estimate of drug-likeness (QED) is 0.288. The summed E-state index contributed by atoms with van der Waals surface area (Å²) >= 11 is 0. The molecule has 8 nitrogen and oxygen atoms in total. The van der Waals surface area contributed by atoms with Crippen molar-refractivity contribution in [2.75, 3.05) is 20.3 Å². The number of aryl methyl sites for hydroxylation is 1. The summed E-state index contributed by atoms with van der Waals surface area (Å²) in [6.45, 7) is 1.92. The van der Waals surface area contributed by atoms with Crippen LogP contribution in [-0.2, 0) is 6.54 Å². The van der Waals surface area contributed by atoms with E-state index in [2.05, 4.69) is 39.9 Å². The molecule has 0 bridgehead atoms. The van der Waals surface area contributed by atoms with Gasteiger partial charge in [0.2, 0.25) is 0 Å². The Labute approximate surface area is 232 Å². The molecule has 0 N–H and O–H groups in total. The number of nitriles is 2. The summed E-state index contributed by atoms with van der Waals surface area (Å²) in [5, 5.41) is 23.1. The van der Waals surface area contributed by atoms with Gasteiger partial charge in [0.1, 0.15) is 12.1 Å². The lowest BCUT2D eigenvalue weighted by Crippen LogP contribution is -2.35. The molecule has 0 aliphatic carbocycles. The molecule has 1 saturated heterocycles. The third-order valence-electron chi connectivity index (χ3n) is 7.90. The number of aromatic nitrogens is 1. The van der Waals surface area contributed by atoms with Gasteiger partial charge in [-0.25, -0.2) is 0 Å². The predicted octanol–water partition coefficient (Wildman–Crippen LogP) is 5.29. The minimum Gasteiger partial charge on any atom is -0.493 e. The average molecular weight is 532 g/mol. The fraction of sp³-hybridized carbons (Fsp3) is 0.312. The fourth-order valence-electron chi connectivity index (χ4n) is 5.99. The molecule has 2 aliphatic rings.